The molecule has 1 saturated carbocycles. The zero-order valence-electron chi connectivity index (χ0n) is 14.7. The van der Waals surface area contributed by atoms with Crippen molar-refractivity contribution in [3.05, 3.63) is 40.7 Å². The van der Waals surface area contributed by atoms with Crippen LogP contribution in [-0.2, 0) is 0 Å². The van der Waals surface area contributed by atoms with Gasteiger partial charge in [0.2, 0.25) is 0 Å². The first-order chi connectivity index (χ1) is 12.2. The van der Waals surface area contributed by atoms with E-state index in [1.54, 1.807) is 0 Å². The summed E-state index contributed by atoms with van der Waals surface area (Å²) >= 11 is 6.12. The average molecular weight is 361 g/mol. The van der Waals surface area contributed by atoms with Crippen LogP contribution in [0.4, 0.5) is 0 Å². The number of nitrogens with zero attached hydrogens (tertiary/aromatic N) is 6. The maximum Gasteiger partial charge on any atom is 0.173 e. The number of hydrogen-bond acceptors (Lipinski definition) is 5. The van der Waals surface area contributed by atoms with Crippen LogP contribution in [0.5, 0.6) is 0 Å². The summed E-state index contributed by atoms with van der Waals surface area (Å²) in [5.74, 6) is 0.971. The molecule has 0 radical (unpaired) electrons. The van der Waals surface area contributed by atoms with Crippen molar-refractivity contribution in [1.82, 2.24) is 30.0 Å². The summed E-state index contributed by atoms with van der Waals surface area (Å²) in [4.78, 5) is 4.87. The zero-order valence-corrected chi connectivity index (χ0v) is 15.4. The summed E-state index contributed by atoms with van der Waals surface area (Å²) in [5, 5.41) is 13.6. The van der Waals surface area contributed by atoms with Crippen molar-refractivity contribution >= 4 is 11.6 Å². The number of benzene rings is 1. The van der Waals surface area contributed by atoms with Crippen LogP contribution in [0.15, 0.2) is 24.3 Å². The Morgan fingerprint density at radius 2 is 1.72 bits per heavy atom. The summed E-state index contributed by atoms with van der Waals surface area (Å²) in [5.41, 5.74) is 1.21. The van der Waals surface area contributed by atoms with Gasteiger partial charge in [-0.05, 0) is 48.0 Å². The maximum atomic E-state index is 6.12. The summed E-state index contributed by atoms with van der Waals surface area (Å²) in [6.07, 6.45) is 4.89. The fourth-order valence-corrected chi connectivity index (χ4v) is 4.16. The molecule has 2 aromatic rings. The fraction of sp³-hybridized carbons (Fsp3) is 0.611. The molecule has 1 saturated heterocycles. The van der Waals surface area contributed by atoms with Crippen LogP contribution >= 0.6 is 11.6 Å². The highest BCUT2D eigenvalue weighted by Gasteiger charge is 2.32. The largest absolute Gasteiger partial charge is 0.304 e. The highest BCUT2D eigenvalue weighted by molar-refractivity contribution is 6.30. The van der Waals surface area contributed by atoms with Crippen molar-refractivity contribution in [3.63, 3.8) is 0 Å². The summed E-state index contributed by atoms with van der Waals surface area (Å²) in [6.45, 7) is 4.16. The second-order valence-corrected chi connectivity index (χ2v) is 7.65. The van der Waals surface area contributed by atoms with Gasteiger partial charge in [0.1, 0.15) is 0 Å². The first-order valence-corrected chi connectivity index (χ1v) is 9.56. The molecular weight excluding hydrogens is 336 g/mol. The van der Waals surface area contributed by atoms with Gasteiger partial charge in [-0.1, -0.05) is 36.6 Å². The molecule has 4 rings (SSSR count). The smallest absolute Gasteiger partial charge is 0.173 e. The van der Waals surface area contributed by atoms with Crippen LogP contribution in [0.2, 0.25) is 5.02 Å². The molecule has 0 bridgehead atoms. The van der Waals surface area contributed by atoms with E-state index < -0.39 is 0 Å². The van der Waals surface area contributed by atoms with Crippen molar-refractivity contribution in [1.29, 1.82) is 0 Å². The molecule has 7 heteroatoms. The Morgan fingerprint density at radius 3 is 2.40 bits per heavy atom. The van der Waals surface area contributed by atoms with Crippen LogP contribution < -0.4 is 0 Å². The van der Waals surface area contributed by atoms with Crippen LogP contribution in [0.25, 0.3) is 0 Å². The molecule has 134 valence electrons. The number of aromatic nitrogens is 4. The van der Waals surface area contributed by atoms with Gasteiger partial charge in [0.05, 0.1) is 12.1 Å². The summed E-state index contributed by atoms with van der Waals surface area (Å²) in [7, 11) is 2.18. The van der Waals surface area contributed by atoms with E-state index in [0.717, 1.165) is 37.0 Å². The Hall–Kier alpha value is -1.50. The van der Waals surface area contributed by atoms with Gasteiger partial charge in [-0.25, -0.2) is 4.68 Å². The van der Waals surface area contributed by atoms with Gasteiger partial charge in [0, 0.05) is 31.2 Å². The van der Waals surface area contributed by atoms with E-state index in [2.05, 4.69) is 49.2 Å². The summed E-state index contributed by atoms with van der Waals surface area (Å²) < 4.78 is 2.09. The molecule has 1 aliphatic carbocycles. The van der Waals surface area contributed by atoms with E-state index in [9.17, 15) is 0 Å². The second kappa shape index (κ2) is 7.40. The predicted molar refractivity (Wildman–Crippen MR) is 97.7 cm³/mol. The lowest BCUT2D eigenvalue weighted by Crippen LogP contribution is -2.46. The standard InChI is InChI=1S/C18H25ClN6/c1-23-10-12-24(13-11-23)17(14-6-8-15(19)9-7-14)18-20-21-22-25(18)16-4-2-3-5-16/h6-9,16-17H,2-5,10-13H2,1H3/t17-/m0/s1. The Kier molecular flexibility index (Phi) is 5.01. The minimum absolute atomic E-state index is 0.0848. The molecule has 1 aromatic carbocycles. The lowest BCUT2D eigenvalue weighted by atomic mass is 10.0. The van der Waals surface area contributed by atoms with E-state index in [1.807, 2.05) is 12.1 Å². The van der Waals surface area contributed by atoms with Gasteiger partial charge < -0.3 is 4.90 Å². The van der Waals surface area contributed by atoms with E-state index >= 15 is 0 Å². The third kappa shape index (κ3) is 3.57. The fourth-order valence-electron chi connectivity index (χ4n) is 4.04. The predicted octanol–water partition coefficient (Wildman–Crippen LogP) is 2.78. The van der Waals surface area contributed by atoms with Crippen LogP contribution in [0.3, 0.4) is 0 Å². The van der Waals surface area contributed by atoms with E-state index in [-0.39, 0.29) is 6.04 Å². The van der Waals surface area contributed by atoms with Crippen molar-refractivity contribution < 1.29 is 0 Å². The number of tetrazole rings is 1. The first-order valence-electron chi connectivity index (χ1n) is 9.18. The number of rotatable bonds is 4. The van der Waals surface area contributed by atoms with Crippen LogP contribution in [0, 0.1) is 0 Å². The minimum Gasteiger partial charge on any atom is -0.304 e. The van der Waals surface area contributed by atoms with Gasteiger partial charge in [0.15, 0.2) is 5.82 Å². The second-order valence-electron chi connectivity index (χ2n) is 7.21. The molecule has 0 unspecified atom stereocenters. The molecule has 0 spiro atoms. The van der Waals surface area contributed by atoms with Gasteiger partial charge in [0.25, 0.3) is 0 Å². The lowest BCUT2D eigenvalue weighted by molar-refractivity contribution is 0.120. The van der Waals surface area contributed by atoms with Gasteiger partial charge in [-0.3, -0.25) is 4.90 Å². The third-order valence-corrected chi connectivity index (χ3v) is 5.77. The molecule has 25 heavy (non-hydrogen) atoms. The molecule has 1 aliphatic heterocycles. The quantitative estimate of drug-likeness (QED) is 0.839. The van der Waals surface area contributed by atoms with Crippen LogP contribution in [0.1, 0.15) is 49.2 Å². The number of piperazine rings is 1. The average Bonchev–Trinajstić information content (AvgIpc) is 3.30. The first kappa shape index (κ1) is 16.9. The van der Waals surface area contributed by atoms with Crippen molar-refractivity contribution in [2.24, 2.45) is 0 Å². The van der Waals surface area contributed by atoms with Crippen molar-refractivity contribution in [3.8, 4) is 0 Å². The van der Waals surface area contributed by atoms with E-state index in [4.69, 9.17) is 11.6 Å². The normalized spacial score (nSPS) is 21.7. The number of halogens is 1. The monoisotopic (exact) mass is 360 g/mol. The van der Waals surface area contributed by atoms with Crippen molar-refractivity contribution in [2.75, 3.05) is 33.2 Å². The Bertz CT molecular complexity index is 686. The lowest BCUT2D eigenvalue weighted by Gasteiger charge is -2.37. The molecule has 1 atom stereocenters. The Labute approximate surface area is 153 Å². The minimum atomic E-state index is 0.0848. The van der Waals surface area contributed by atoms with Gasteiger partial charge in [-0.15, -0.1) is 5.10 Å². The third-order valence-electron chi connectivity index (χ3n) is 5.52. The van der Waals surface area contributed by atoms with E-state index in [0.29, 0.717) is 6.04 Å². The molecular formula is C18H25ClN6. The maximum absolute atomic E-state index is 6.12. The van der Waals surface area contributed by atoms with Gasteiger partial charge in [-0.2, -0.15) is 0 Å². The van der Waals surface area contributed by atoms with Gasteiger partial charge >= 0.3 is 0 Å². The molecule has 0 N–H and O–H groups in total. The highest BCUT2D eigenvalue weighted by Crippen LogP contribution is 2.34. The van der Waals surface area contributed by atoms with Crippen LogP contribution in [-0.4, -0.2) is 63.2 Å². The highest BCUT2D eigenvalue weighted by atomic mass is 35.5. The number of likely N-dealkylation sites (N-methyl/N-ethyl adjacent to an activating group) is 1. The Morgan fingerprint density at radius 1 is 1.04 bits per heavy atom. The molecule has 2 heterocycles. The zero-order chi connectivity index (χ0) is 17.2. The topological polar surface area (TPSA) is 50.1 Å². The van der Waals surface area contributed by atoms with Crippen molar-refractivity contribution in [2.45, 2.75) is 37.8 Å². The Balaban J connectivity index is 1.70. The molecule has 2 aliphatic rings. The SMILES string of the molecule is CN1CCN([C@@H](c2ccc(Cl)cc2)c2nnnn2C2CCCC2)CC1. The van der Waals surface area contributed by atoms with E-state index in [1.165, 1.54) is 31.2 Å². The number of hydrogen-bond donors (Lipinski definition) is 0. The molecule has 2 fully saturated rings. The summed E-state index contributed by atoms with van der Waals surface area (Å²) in [6, 6.07) is 8.67. The molecule has 1 aromatic heterocycles. The molecule has 6 nitrogen and oxygen atoms in total. The molecule has 0 amide bonds.